The van der Waals surface area contributed by atoms with Gasteiger partial charge in [-0.1, -0.05) is 26.8 Å². The lowest BCUT2D eigenvalue weighted by atomic mass is 9.80. The minimum absolute atomic E-state index is 0.150. The van der Waals surface area contributed by atoms with E-state index in [0.29, 0.717) is 42.3 Å². The van der Waals surface area contributed by atoms with Crippen molar-refractivity contribution in [1.29, 1.82) is 0 Å². The topological polar surface area (TPSA) is 121 Å². The molecule has 1 aliphatic heterocycles. The van der Waals surface area contributed by atoms with E-state index < -0.39 is 6.09 Å². The molecule has 5 rings (SSSR count). The SMILES string of the molecule is CC(C)(C)C1CC(Oc2cc3nc(Nc4cccc(O)c4)ncc3cc2-c2nccs2)CCN1C(=O)O. The van der Waals surface area contributed by atoms with E-state index in [1.165, 1.54) is 16.2 Å². The van der Waals surface area contributed by atoms with Gasteiger partial charge in [0.2, 0.25) is 5.95 Å². The van der Waals surface area contributed by atoms with E-state index in [1.54, 1.807) is 30.6 Å². The van der Waals surface area contributed by atoms with Gasteiger partial charge < -0.3 is 25.2 Å². The standard InChI is InChI=1S/C27H29N5O4S/c1-27(2,3)23-13-19(7-9-32(23)26(34)35)36-22-14-21-16(11-20(22)24-28-8-10-37-24)15-29-25(31-21)30-17-5-4-6-18(33)12-17/h4-6,8,10-12,14-15,19,23,33H,7,9,13H2,1-3H3,(H,34,35)(H,29,30,31). The molecule has 37 heavy (non-hydrogen) atoms. The van der Waals surface area contributed by atoms with Crippen LogP contribution in [-0.2, 0) is 0 Å². The van der Waals surface area contributed by atoms with Crippen molar-refractivity contribution in [3.63, 3.8) is 0 Å². The number of ether oxygens (including phenoxy) is 1. The van der Waals surface area contributed by atoms with E-state index in [1.807, 2.05) is 23.6 Å². The Morgan fingerprint density at radius 2 is 2.05 bits per heavy atom. The van der Waals surface area contributed by atoms with Gasteiger partial charge in [-0.3, -0.25) is 0 Å². The Morgan fingerprint density at radius 3 is 2.76 bits per heavy atom. The first kappa shape index (κ1) is 24.8. The van der Waals surface area contributed by atoms with Crippen LogP contribution in [0.2, 0.25) is 0 Å². The number of hydrogen-bond acceptors (Lipinski definition) is 8. The molecule has 4 aromatic rings. The molecular formula is C27H29N5O4S. The van der Waals surface area contributed by atoms with E-state index in [-0.39, 0.29) is 23.3 Å². The fourth-order valence-electron chi connectivity index (χ4n) is 4.72. The van der Waals surface area contributed by atoms with Gasteiger partial charge >= 0.3 is 6.09 Å². The largest absolute Gasteiger partial charge is 0.508 e. The second-order valence-corrected chi connectivity index (χ2v) is 11.1. The number of rotatable bonds is 5. The molecule has 2 aromatic heterocycles. The second-order valence-electron chi connectivity index (χ2n) is 10.2. The molecule has 10 heteroatoms. The maximum atomic E-state index is 11.9. The van der Waals surface area contributed by atoms with Crippen molar-refractivity contribution >= 4 is 40.0 Å². The third kappa shape index (κ3) is 5.43. The number of carboxylic acid groups (broad SMARTS) is 1. The van der Waals surface area contributed by atoms with Gasteiger partial charge in [-0.25, -0.2) is 19.7 Å². The van der Waals surface area contributed by atoms with Crippen molar-refractivity contribution < 1.29 is 19.7 Å². The van der Waals surface area contributed by atoms with Crippen LogP contribution >= 0.6 is 11.3 Å². The highest BCUT2D eigenvalue weighted by atomic mass is 32.1. The van der Waals surface area contributed by atoms with Gasteiger partial charge in [0.25, 0.3) is 0 Å². The van der Waals surface area contributed by atoms with Crippen molar-refractivity contribution in [3.05, 3.63) is 54.2 Å². The number of fused-ring (bicyclic) bond motifs is 1. The summed E-state index contributed by atoms with van der Waals surface area (Å²) in [5.74, 6) is 1.21. The minimum Gasteiger partial charge on any atom is -0.508 e. The van der Waals surface area contributed by atoms with Crippen molar-refractivity contribution in [2.24, 2.45) is 5.41 Å². The smallest absolute Gasteiger partial charge is 0.407 e. The van der Waals surface area contributed by atoms with Gasteiger partial charge in [0.1, 0.15) is 22.6 Å². The lowest BCUT2D eigenvalue weighted by molar-refractivity contribution is 0.0132. The quantitative estimate of drug-likeness (QED) is 0.288. The van der Waals surface area contributed by atoms with Gasteiger partial charge in [0.05, 0.1) is 11.1 Å². The number of phenolic OH excluding ortho intramolecular Hbond substituents is 1. The van der Waals surface area contributed by atoms with Crippen LogP contribution in [0.1, 0.15) is 33.6 Å². The summed E-state index contributed by atoms with van der Waals surface area (Å²) in [4.78, 5) is 27.0. The number of anilines is 2. The predicted molar refractivity (Wildman–Crippen MR) is 144 cm³/mol. The second kappa shape index (κ2) is 9.85. The van der Waals surface area contributed by atoms with Crippen molar-refractivity contribution in [1.82, 2.24) is 19.9 Å². The maximum absolute atomic E-state index is 11.9. The Kier molecular flexibility index (Phi) is 6.59. The number of benzene rings is 2. The van der Waals surface area contributed by atoms with Crippen LogP contribution in [0, 0.1) is 5.41 Å². The summed E-state index contributed by atoms with van der Waals surface area (Å²) < 4.78 is 6.58. The van der Waals surface area contributed by atoms with E-state index in [0.717, 1.165) is 16.0 Å². The van der Waals surface area contributed by atoms with Crippen LogP contribution in [0.3, 0.4) is 0 Å². The molecule has 1 saturated heterocycles. The summed E-state index contributed by atoms with van der Waals surface area (Å²) >= 11 is 1.52. The first-order valence-electron chi connectivity index (χ1n) is 12.1. The molecule has 192 valence electrons. The van der Waals surface area contributed by atoms with Crippen molar-refractivity contribution in [2.75, 3.05) is 11.9 Å². The molecule has 0 bridgehead atoms. The number of nitrogens with one attached hydrogen (secondary N) is 1. The van der Waals surface area contributed by atoms with Crippen LogP contribution in [-0.4, -0.2) is 54.8 Å². The Bertz CT molecular complexity index is 1420. The van der Waals surface area contributed by atoms with E-state index in [2.05, 4.69) is 41.0 Å². The molecule has 2 aromatic carbocycles. The molecule has 9 nitrogen and oxygen atoms in total. The predicted octanol–water partition coefficient (Wildman–Crippen LogP) is 6.14. The molecule has 0 aliphatic carbocycles. The molecule has 1 aliphatic rings. The number of likely N-dealkylation sites (tertiary alicyclic amines) is 1. The highest BCUT2D eigenvalue weighted by Gasteiger charge is 2.39. The number of nitrogens with zero attached hydrogens (tertiary/aromatic N) is 4. The zero-order chi connectivity index (χ0) is 26.2. The summed E-state index contributed by atoms with van der Waals surface area (Å²) in [7, 11) is 0. The lowest BCUT2D eigenvalue weighted by Gasteiger charge is -2.44. The summed E-state index contributed by atoms with van der Waals surface area (Å²) in [6.45, 7) is 6.60. The van der Waals surface area contributed by atoms with Gasteiger partial charge in [-0.2, -0.15) is 0 Å². The monoisotopic (exact) mass is 519 g/mol. The Balaban J connectivity index is 1.48. The zero-order valence-electron chi connectivity index (χ0n) is 20.9. The molecule has 0 saturated carbocycles. The Hall–Kier alpha value is -3.92. The van der Waals surface area contributed by atoms with Crippen LogP contribution in [0.25, 0.3) is 21.5 Å². The summed E-state index contributed by atoms with van der Waals surface area (Å²) in [5, 5.41) is 26.2. The van der Waals surface area contributed by atoms with Gasteiger partial charge in [-0.05, 0) is 23.6 Å². The van der Waals surface area contributed by atoms with E-state index in [9.17, 15) is 15.0 Å². The van der Waals surface area contributed by atoms with Gasteiger partial charge in [0, 0.05) is 66.4 Å². The van der Waals surface area contributed by atoms with Crippen molar-refractivity contribution in [2.45, 2.75) is 45.8 Å². The molecule has 3 heterocycles. The molecule has 2 atom stereocenters. The summed E-state index contributed by atoms with van der Waals surface area (Å²) in [6.07, 6.45) is 3.66. The van der Waals surface area contributed by atoms with Crippen LogP contribution in [0.4, 0.5) is 16.4 Å². The van der Waals surface area contributed by atoms with E-state index >= 15 is 0 Å². The number of thiazole rings is 1. The highest BCUT2D eigenvalue weighted by Crippen LogP contribution is 2.39. The average Bonchev–Trinajstić information content (AvgIpc) is 3.38. The normalized spacial score (nSPS) is 18.1. The number of aromatic nitrogens is 3. The van der Waals surface area contributed by atoms with Crippen molar-refractivity contribution in [3.8, 4) is 22.1 Å². The molecule has 2 unspecified atom stereocenters. The number of phenols is 1. The molecule has 1 amide bonds. The summed E-state index contributed by atoms with van der Waals surface area (Å²) in [6, 6.07) is 10.5. The van der Waals surface area contributed by atoms with Gasteiger partial charge in [-0.15, -0.1) is 11.3 Å². The maximum Gasteiger partial charge on any atom is 0.407 e. The Morgan fingerprint density at radius 1 is 1.22 bits per heavy atom. The number of piperidine rings is 1. The number of carbonyl (C=O) groups is 1. The zero-order valence-corrected chi connectivity index (χ0v) is 21.7. The number of aromatic hydroxyl groups is 1. The number of hydrogen-bond donors (Lipinski definition) is 3. The van der Waals surface area contributed by atoms with Crippen LogP contribution in [0.15, 0.2) is 54.2 Å². The van der Waals surface area contributed by atoms with E-state index in [4.69, 9.17) is 4.74 Å². The van der Waals surface area contributed by atoms with Gasteiger partial charge in [0.15, 0.2) is 0 Å². The third-order valence-corrected chi connectivity index (χ3v) is 7.35. The minimum atomic E-state index is -0.893. The highest BCUT2D eigenvalue weighted by molar-refractivity contribution is 7.13. The average molecular weight is 520 g/mol. The summed E-state index contributed by atoms with van der Waals surface area (Å²) in [5.41, 5.74) is 2.01. The first-order valence-corrected chi connectivity index (χ1v) is 13.0. The molecule has 0 spiro atoms. The fourth-order valence-corrected chi connectivity index (χ4v) is 5.38. The molecule has 1 fully saturated rings. The molecular weight excluding hydrogens is 490 g/mol. The first-order chi connectivity index (χ1) is 17.7. The van der Waals surface area contributed by atoms with Crippen LogP contribution in [0.5, 0.6) is 11.5 Å². The molecule has 0 radical (unpaired) electrons. The van der Waals surface area contributed by atoms with Crippen LogP contribution < -0.4 is 10.1 Å². The number of amides is 1. The fraction of sp³-hybridized carbons (Fsp3) is 0.333. The molecule has 3 N–H and O–H groups in total. The third-order valence-electron chi connectivity index (χ3n) is 6.54. The lowest BCUT2D eigenvalue weighted by Crippen LogP contribution is -2.53. The Labute approximate surface area is 218 Å².